The van der Waals surface area contributed by atoms with E-state index in [0.29, 0.717) is 13.0 Å². The van der Waals surface area contributed by atoms with Crippen molar-refractivity contribution in [3.8, 4) is 5.75 Å². The summed E-state index contributed by atoms with van der Waals surface area (Å²) in [6.07, 6.45) is -0.272. The number of benzene rings is 1. The van der Waals surface area contributed by atoms with Crippen LogP contribution in [-0.2, 0) is 5.54 Å². The van der Waals surface area contributed by atoms with Crippen LogP contribution in [0.4, 0.5) is 4.39 Å². The summed E-state index contributed by atoms with van der Waals surface area (Å²) in [5.74, 6) is 0.243. The van der Waals surface area contributed by atoms with Gasteiger partial charge in [-0.05, 0) is 24.6 Å². The molecule has 0 radical (unpaired) electrons. The van der Waals surface area contributed by atoms with Gasteiger partial charge in [-0.25, -0.2) is 4.39 Å². The molecule has 1 aromatic carbocycles. The summed E-state index contributed by atoms with van der Waals surface area (Å²) in [6, 6.07) is 6.93. The van der Waals surface area contributed by atoms with Gasteiger partial charge in [0.25, 0.3) is 0 Å². The molecule has 2 N–H and O–H groups in total. The molecule has 14 heavy (non-hydrogen) atoms. The van der Waals surface area contributed by atoms with Gasteiger partial charge < -0.3 is 10.4 Å². The number of nitrogens with one attached hydrogen (secondary N) is 1. The molecule has 0 aromatic heterocycles. The van der Waals surface area contributed by atoms with E-state index < -0.39 is 6.17 Å². The SMILES string of the molecule is CC1(c2ccc(O)cc2)CC(F)CN1. The van der Waals surface area contributed by atoms with Crippen LogP contribution in [0.1, 0.15) is 18.9 Å². The molecule has 2 atom stereocenters. The van der Waals surface area contributed by atoms with E-state index in [1.54, 1.807) is 12.1 Å². The van der Waals surface area contributed by atoms with Crippen LogP contribution < -0.4 is 5.32 Å². The van der Waals surface area contributed by atoms with Gasteiger partial charge in [0.05, 0.1) is 0 Å². The quantitative estimate of drug-likeness (QED) is 0.717. The zero-order chi connectivity index (χ0) is 10.2. The Labute approximate surface area is 82.8 Å². The maximum absolute atomic E-state index is 13.1. The van der Waals surface area contributed by atoms with E-state index in [-0.39, 0.29) is 11.3 Å². The largest absolute Gasteiger partial charge is 0.508 e. The number of hydrogen-bond donors (Lipinski definition) is 2. The van der Waals surface area contributed by atoms with Gasteiger partial charge >= 0.3 is 0 Å². The molecule has 1 heterocycles. The molecule has 2 rings (SSSR count). The highest BCUT2D eigenvalue weighted by Crippen LogP contribution is 2.32. The van der Waals surface area contributed by atoms with Crippen LogP contribution in [0.3, 0.4) is 0 Å². The van der Waals surface area contributed by atoms with Crippen LogP contribution in [-0.4, -0.2) is 17.8 Å². The van der Waals surface area contributed by atoms with Gasteiger partial charge in [-0.3, -0.25) is 0 Å². The molecule has 1 aliphatic heterocycles. The standard InChI is InChI=1S/C11H14FNO/c1-11(6-9(12)7-13-11)8-2-4-10(14)5-3-8/h2-5,9,13-14H,6-7H2,1H3. The van der Waals surface area contributed by atoms with Gasteiger partial charge in [0.2, 0.25) is 0 Å². The highest BCUT2D eigenvalue weighted by molar-refractivity contribution is 5.31. The minimum atomic E-state index is -0.770. The maximum Gasteiger partial charge on any atom is 0.115 e. The molecule has 1 aromatic rings. The third-order valence-corrected chi connectivity index (χ3v) is 2.85. The van der Waals surface area contributed by atoms with Crippen LogP contribution in [0.15, 0.2) is 24.3 Å². The number of phenols is 1. The van der Waals surface area contributed by atoms with Gasteiger partial charge in [0.15, 0.2) is 0 Å². The van der Waals surface area contributed by atoms with E-state index in [2.05, 4.69) is 5.32 Å². The Kier molecular flexibility index (Phi) is 2.19. The Morgan fingerprint density at radius 3 is 2.57 bits per heavy atom. The van der Waals surface area contributed by atoms with Gasteiger partial charge in [0, 0.05) is 18.5 Å². The van der Waals surface area contributed by atoms with Gasteiger partial charge in [-0.2, -0.15) is 0 Å². The van der Waals surface area contributed by atoms with E-state index in [1.807, 2.05) is 19.1 Å². The lowest BCUT2D eigenvalue weighted by Gasteiger charge is -2.24. The molecule has 0 amide bonds. The molecular formula is C11H14FNO. The van der Waals surface area contributed by atoms with E-state index in [4.69, 9.17) is 5.11 Å². The summed E-state index contributed by atoms with van der Waals surface area (Å²) in [5, 5.41) is 12.3. The molecule has 1 aliphatic rings. The van der Waals surface area contributed by atoms with Gasteiger partial charge in [-0.1, -0.05) is 12.1 Å². The second-order valence-electron chi connectivity index (χ2n) is 4.06. The van der Waals surface area contributed by atoms with Gasteiger partial charge in [-0.15, -0.1) is 0 Å². The highest BCUT2D eigenvalue weighted by atomic mass is 19.1. The zero-order valence-electron chi connectivity index (χ0n) is 8.13. The lowest BCUT2D eigenvalue weighted by molar-refractivity contribution is 0.333. The first-order valence-electron chi connectivity index (χ1n) is 4.79. The van der Waals surface area contributed by atoms with Gasteiger partial charge in [0.1, 0.15) is 11.9 Å². The maximum atomic E-state index is 13.1. The van der Waals surface area contributed by atoms with Crippen molar-refractivity contribution in [3.05, 3.63) is 29.8 Å². The minimum Gasteiger partial charge on any atom is -0.508 e. The van der Waals surface area contributed by atoms with Crippen molar-refractivity contribution in [1.82, 2.24) is 5.32 Å². The predicted molar refractivity (Wildman–Crippen MR) is 53.0 cm³/mol. The number of rotatable bonds is 1. The lowest BCUT2D eigenvalue weighted by atomic mass is 9.90. The molecule has 2 unspecified atom stereocenters. The Morgan fingerprint density at radius 1 is 1.43 bits per heavy atom. The fourth-order valence-electron chi connectivity index (χ4n) is 1.97. The van der Waals surface area contributed by atoms with Crippen LogP contribution in [0.2, 0.25) is 0 Å². The molecule has 3 heteroatoms. The molecule has 0 spiro atoms. The lowest BCUT2D eigenvalue weighted by Crippen LogP contribution is -2.32. The number of alkyl halides is 1. The Bertz CT molecular complexity index is 325. The van der Waals surface area contributed by atoms with E-state index in [9.17, 15) is 4.39 Å². The Morgan fingerprint density at radius 2 is 2.07 bits per heavy atom. The normalized spacial score (nSPS) is 32.0. The van der Waals surface area contributed by atoms with E-state index >= 15 is 0 Å². The fraction of sp³-hybridized carbons (Fsp3) is 0.455. The topological polar surface area (TPSA) is 32.3 Å². The van der Waals surface area contributed by atoms with Crippen molar-refractivity contribution in [2.45, 2.75) is 25.1 Å². The first kappa shape index (κ1) is 9.46. The first-order valence-corrected chi connectivity index (χ1v) is 4.79. The van der Waals surface area contributed by atoms with Crippen molar-refractivity contribution >= 4 is 0 Å². The van der Waals surface area contributed by atoms with E-state index in [1.165, 1.54) is 0 Å². The molecule has 0 saturated carbocycles. The van der Waals surface area contributed by atoms with Crippen molar-refractivity contribution in [2.24, 2.45) is 0 Å². The minimum absolute atomic E-state index is 0.243. The first-order chi connectivity index (χ1) is 6.60. The van der Waals surface area contributed by atoms with Crippen molar-refractivity contribution in [1.29, 1.82) is 0 Å². The summed E-state index contributed by atoms with van der Waals surface area (Å²) in [4.78, 5) is 0. The van der Waals surface area contributed by atoms with Crippen molar-refractivity contribution < 1.29 is 9.50 Å². The summed E-state index contributed by atoms with van der Waals surface area (Å²) < 4.78 is 13.1. The number of halogens is 1. The number of phenolic OH excluding ortho intramolecular Hbond substituents is 1. The molecular weight excluding hydrogens is 181 g/mol. The average Bonchev–Trinajstić information content (AvgIpc) is 2.48. The second kappa shape index (κ2) is 3.24. The molecule has 76 valence electrons. The van der Waals surface area contributed by atoms with Crippen LogP contribution in [0.25, 0.3) is 0 Å². The average molecular weight is 195 g/mol. The van der Waals surface area contributed by atoms with Crippen LogP contribution in [0.5, 0.6) is 5.75 Å². The molecule has 1 saturated heterocycles. The summed E-state index contributed by atoms with van der Waals surface area (Å²) in [7, 11) is 0. The van der Waals surface area contributed by atoms with Crippen LogP contribution >= 0.6 is 0 Å². The van der Waals surface area contributed by atoms with E-state index in [0.717, 1.165) is 5.56 Å². The third kappa shape index (κ3) is 1.60. The summed E-state index contributed by atoms with van der Waals surface area (Å²) >= 11 is 0. The zero-order valence-corrected chi connectivity index (χ0v) is 8.13. The second-order valence-corrected chi connectivity index (χ2v) is 4.06. The third-order valence-electron chi connectivity index (χ3n) is 2.85. The number of hydrogen-bond acceptors (Lipinski definition) is 2. The number of aromatic hydroxyl groups is 1. The Hall–Kier alpha value is -1.09. The monoisotopic (exact) mass is 195 g/mol. The molecule has 0 bridgehead atoms. The Balaban J connectivity index is 2.26. The summed E-state index contributed by atoms with van der Waals surface area (Å²) in [5.41, 5.74) is 0.739. The highest BCUT2D eigenvalue weighted by Gasteiger charge is 2.35. The smallest absolute Gasteiger partial charge is 0.115 e. The predicted octanol–water partition coefficient (Wildman–Crippen LogP) is 1.94. The molecule has 2 nitrogen and oxygen atoms in total. The summed E-state index contributed by atoms with van der Waals surface area (Å²) in [6.45, 7) is 2.40. The van der Waals surface area contributed by atoms with Crippen molar-refractivity contribution in [2.75, 3.05) is 6.54 Å². The molecule has 0 aliphatic carbocycles. The van der Waals surface area contributed by atoms with Crippen LogP contribution in [0, 0.1) is 0 Å². The fourth-order valence-corrected chi connectivity index (χ4v) is 1.97. The van der Waals surface area contributed by atoms with Crippen molar-refractivity contribution in [3.63, 3.8) is 0 Å². The molecule has 1 fully saturated rings.